The molecule has 23 heavy (non-hydrogen) atoms. The van der Waals surface area contributed by atoms with E-state index in [1.165, 1.54) is 0 Å². The molecule has 3 amide bonds. The standard InChI is InChI=1S/C17H24N2O4/c1-3-4-10-17(2)15(21)19(16(22)18-17)11-13(20)12-23-14-8-6-5-7-9-14/h5-9,13,20H,3-4,10-12H2,1-2H3,(H,18,22). The largest absolute Gasteiger partial charge is 0.491 e. The smallest absolute Gasteiger partial charge is 0.325 e. The fourth-order valence-electron chi connectivity index (χ4n) is 2.59. The monoisotopic (exact) mass is 320 g/mol. The van der Waals surface area contributed by atoms with Crippen molar-refractivity contribution in [2.75, 3.05) is 13.2 Å². The fourth-order valence-corrected chi connectivity index (χ4v) is 2.59. The number of aliphatic hydroxyl groups excluding tert-OH is 1. The molecule has 1 aromatic rings. The lowest BCUT2D eigenvalue weighted by Crippen LogP contribution is -2.44. The molecule has 0 saturated carbocycles. The zero-order chi connectivity index (χ0) is 16.9. The van der Waals surface area contributed by atoms with Crippen LogP contribution < -0.4 is 10.1 Å². The van der Waals surface area contributed by atoms with Gasteiger partial charge in [-0.05, 0) is 25.5 Å². The fraction of sp³-hybridized carbons (Fsp3) is 0.529. The van der Waals surface area contributed by atoms with Crippen molar-refractivity contribution in [1.82, 2.24) is 10.2 Å². The molecule has 1 aliphatic heterocycles. The van der Waals surface area contributed by atoms with Gasteiger partial charge >= 0.3 is 6.03 Å². The Kier molecular flexibility index (Phi) is 5.60. The number of benzene rings is 1. The highest BCUT2D eigenvalue weighted by Crippen LogP contribution is 2.23. The van der Waals surface area contributed by atoms with Crippen molar-refractivity contribution in [3.63, 3.8) is 0 Å². The maximum absolute atomic E-state index is 12.4. The summed E-state index contributed by atoms with van der Waals surface area (Å²) in [7, 11) is 0. The van der Waals surface area contributed by atoms with E-state index in [4.69, 9.17) is 4.74 Å². The van der Waals surface area contributed by atoms with Crippen LogP contribution in [0.2, 0.25) is 0 Å². The quantitative estimate of drug-likeness (QED) is 0.717. The van der Waals surface area contributed by atoms with Gasteiger partial charge in [-0.2, -0.15) is 0 Å². The molecule has 0 radical (unpaired) electrons. The van der Waals surface area contributed by atoms with E-state index in [2.05, 4.69) is 5.32 Å². The number of aliphatic hydroxyl groups is 1. The van der Waals surface area contributed by atoms with Gasteiger partial charge in [-0.15, -0.1) is 0 Å². The number of hydrogen-bond donors (Lipinski definition) is 2. The molecule has 1 fully saturated rings. The van der Waals surface area contributed by atoms with Gasteiger partial charge in [-0.25, -0.2) is 4.79 Å². The Morgan fingerprint density at radius 3 is 2.65 bits per heavy atom. The summed E-state index contributed by atoms with van der Waals surface area (Å²) < 4.78 is 5.45. The lowest BCUT2D eigenvalue weighted by Gasteiger charge is -2.22. The van der Waals surface area contributed by atoms with Crippen molar-refractivity contribution in [1.29, 1.82) is 0 Å². The van der Waals surface area contributed by atoms with Crippen molar-refractivity contribution in [2.24, 2.45) is 0 Å². The maximum atomic E-state index is 12.4. The minimum Gasteiger partial charge on any atom is -0.491 e. The highest BCUT2D eigenvalue weighted by molar-refractivity contribution is 6.06. The van der Waals surface area contributed by atoms with Gasteiger partial charge in [0, 0.05) is 0 Å². The summed E-state index contributed by atoms with van der Waals surface area (Å²) in [6, 6.07) is 8.64. The van der Waals surface area contributed by atoms with Crippen LogP contribution in [0.15, 0.2) is 30.3 Å². The van der Waals surface area contributed by atoms with Gasteiger partial charge in [-0.1, -0.05) is 38.0 Å². The molecule has 2 atom stereocenters. The van der Waals surface area contributed by atoms with Gasteiger partial charge in [0.2, 0.25) is 0 Å². The van der Waals surface area contributed by atoms with E-state index in [0.29, 0.717) is 12.2 Å². The number of hydrogen-bond acceptors (Lipinski definition) is 4. The van der Waals surface area contributed by atoms with Gasteiger partial charge in [-0.3, -0.25) is 9.69 Å². The van der Waals surface area contributed by atoms with E-state index in [1.54, 1.807) is 19.1 Å². The summed E-state index contributed by atoms with van der Waals surface area (Å²) in [5, 5.41) is 12.8. The second kappa shape index (κ2) is 7.46. The zero-order valence-corrected chi connectivity index (χ0v) is 13.6. The molecule has 0 spiro atoms. The number of nitrogens with one attached hydrogen (secondary N) is 1. The van der Waals surface area contributed by atoms with Crippen molar-refractivity contribution in [3.8, 4) is 5.75 Å². The number of rotatable bonds is 8. The first kappa shape index (κ1) is 17.3. The number of β-amino-alcohol motifs (C(OH)–C–C–N with tert-alkyl or cyclic N) is 1. The summed E-state index contributed by atoms with van der Waals surface area (Å²) in [5.74, 6) is 0.353. The molecule has 1 heterocycles. The van der Waals surface area contributed by atoms with Crippen LogP contribution in [0.3, 0.4) is 0 Å². The van der Waals surface area contributed by atoms with E-state index in [-0.39, 0.29) is 19.1 Å². The molecule has 6 nitrogen and oxygen atoms in total. The van der Waals surface area contributed by atoms with Gasteiger partial charge in [0.1, 0.15) is 24.0 Å². The van der Waals surface area contributed by atoms with E-state index < -0.39 is 17.7 Å². The summed E-state index contributed by atoms with van der Waals surface area (Å²) in [6.07, 6.45) is 1.47. The number of imide groups is 1. The second-order valence-corrected chi connectivity index (χ2v) is 6.06. The molecule has 0 bridgehead atoms. The van der Waals surface area contributed by atoms with Crippen LogP contribution in [0.25, 0.3) is 0 Å². The average Bonchev–Trinajstić information content (AvgIpc) is 2.76. The third kappa shape index (κ3) is 4.22. The molecule has 126 valence electrons. The highest BCUT2D eigenvalue weighted by atomic mass is 16.5. The third-order valence-corrected chi connectivity index (χ3v) is 3.95. The molecule has 0 aromatic heterocycles. The number of urea groups is 1. The Morgan fingerprint density at radius 1 is 1.30 bits per heavy atom. The Morgan fingerprint density at radius 2 is 2.00 bits per heavy atom. The van der Waals surface area contributed by atoms with Crippen molar-refractivity contribution in [3.05, 3.63) is 30.3 Å². The molecule has 2 N–H and O–H groups in total. The molecular weight excluding hydrogens is 296 g/mol. The highest BCUT2D eigenvalue weighted by Gasteiger charge is 2.47. The first-order chi connectivity index (χ1) is 11.0. The lowest BCUT2D eigenvalue weighted by molar-refractivity contribution is -0.132. The number of para-hydroxylation sites is 1. The Balaban J connectivity index is 1.89. The van der Waals surface area contributed by atoms with Crippen molar-refractivity contribution < 1.29 is 19.4 Å². The van der Waals surface area contributed by atoms with Crippen molar-refractivity contribution >= 4 is 11.9 Å². The van der Waals surface area contributed by atoms with Crippen LogP contribution >= 0.6 is 0 Å². The van der Waals surface area contributed by atoms with Crippen LogP contribution in [-0.2, 0) is 4.79 Å². The van der Waals surface area contributed by atoms with Gasteiger partial charge in [0.05, 0.1) is 6.54 Å². The minimum absolute atomic E-state index is 0.0206. The van der Waals surface area contributed by atoms with Crippen LogP contribution in [0.4, 0.5) is 4.79 Å². The zero-order valence-electron chi connectivity index (χ0n) is 13.6. The number of amides is 3. The van der Waals surface area contributed by atoms with Gasteiger partial charge in [0.15, 0.2) is 0 Å². The molecule has 2 rings (SSSR count). The van der Waals surface area contributed by atoms with Crippen LogP contribution in [0.5, 0.6) is 5.75 Å². The Labute approximate surface area is 136 Å². The van der Waals surface area contributed by atoms with E-state index >= 15 is 0 Å². The lowest BCUT2D eigenvalue weighted by atomic mass is 9.95. The van der Waals surface area contributed by atoms with Crippen LogP contribution in [0, 0.1) is 0 Å². The predicted molar refractivity (Wildman–Crippen MR) is 86.1 cm³/mol. The van der Waals surface area contributed by atoms with Gasteiger partial charge in [0.25, 0.3) is 5.91 Å². The first-order valence-electron chi connectivity index (χ1n) is 7.96. The summed E-state index contributed by atoms with van der Waals surface area (Å²) in [5.41, 5.74) is -0.868. The Bertz CT molecular complexity index is 549. The molecular formula is C17H24N2O4. The van der Waals surface area contributed by atoms with E-state index in [0.717, 1.165) is 17.7 Å². The molecule has 1 aromatic carbocycles. The molecule has 2 unspecified atom stereocenters. The number of unbranched alkanes of at least 4 members (excludes halogenated alkanes) is 1. The Hall–Kier alpha value is -2.08. The number of ether oxygens (including phenoxy) is 1. The minimum atomic E-state index is -0.932. The van der Waals surface area contributed by atoms with E-state index in [9.17, 15) is 14.7 Å². The molecule has 1 aliphatic rings. The van der Waals surface area contributed by atoms with Crippen molar-refractivity contribution in [2.45, 2.75) is 44.8 Å². The summed E-state index contributed by atoms with van der Waals surface area (Å²) in [6.45, 7) is 3.72. The molecule has 1 saturated heterocycles. The molecule has 0 aliphatic carbocycles. The summed E-state index contributed by atoms with van der Waals surface area (Å²) in [4.78, 5) is 25.5. The van der Waals surface area contributed by atoms with E-state index in [1.807, 2.05) is 25.1 Å². The van der Waals surface area contributed by atoms with Gasteiger partial charge < -0.3 is 15.2 Å². The van der Waals surface area contributed by atoms with Crippen LogP contribution in [0.1, 0.15) is 33.1 Å². The second-order valence-electron chi connectivity index (χ2n) is 6.06. The number of carbonyl (C=O) groups excluding carboxylic acids is 2. The normalized spacial score (nSPS) is 22.1. The molecule has 6 heteroatoms. The SMILES string of the molecule is CCCCC1(C)NC(=O)N(CC(O)COc2ccccc2)C1=O. The third-order valence-electron chi connectivity index (χ3n) is 3.95. The first-order valence-corrected chi connectivity index (χ1v) is 7.96. The number of carbonyl (C=O) groups is 2. The number of nitrogens with zero attached hydrogens (tertiary/aromatic N) is 1. The van der Waals surface area contributed by atoms with Crippen LogP contribution in [-0.4, -0.2) is 46.7 Å². The predicted octanol–water partition coefficient (Wildman–Crippen LogP) is 1.93. The summed E-state index contributed by atoms with van der Waals surface area (Å²) >= 11 is 0. The average molecular weight is 320 g/mol. The maximum Gasteiger partial charge on any atom is 0.325 e. The topological polar surface area (TPSA) is 78.9 Å².